The molecule has 0 saturated carbocycles. The maximum atomic E-state index is 12.4. The van der Waals surface area contributed by atoms with Crippen molar-refractivity contribution in [2.45, 2.75) is 12.4 Å². The molecule has 0 aliphatic heterocycles. The van der Waals surface area contributed by atoms with Gasteiger partial charge in [-0.05, 0) is 12.1 Å². The van der Waals surface area contributed by atoms with E-state index in [9.17, 15) is 26.3 Å². The highest BCUT2D eigenvalue weighted by molar-refractivity contribution is 6.33. The maximum Gasteiger partial charge on any atom is 0.449 e. The van der Waals surface area contributed by atoms with Crippen molar-refractivity contribution in [1.29, 1.82) is 0 Å². The van der Waals surface area contributed by atoms with E-state index in [2.05, 4.69) is 4.74 Å². The van der Waals surface area contributed by atoms with Gasteiger partial charge in [-0.3, -0.25) is 0 Å². The maximum absolute atomic E-state index is 12.4. The number of anilines is 1. The minimum absolute atomic E-state index is 0.0578. The summed E-state index contributed by atoms with van der Waals surface area (Å²) in [7, 11) is 0. The van der Waals surface area contributed by atoms with Crippen molar-refractivity contribution >= 4 is 17.3 Å². The molecule has 2 nitrogen and oxygen atoms in total. The highest BCUT2D eigenvalue weighted by atomic mass is 35.5. The van der Waals surface area contributed by atoms with Gasteiger partial charge in [0.15, 0.2) is 0 Å². The molecule has 106 valence electrons. The number of rotatable bonds is 2. The zero-order valence-corrected chi connectivity index (χ0v) is 9.70. The number of alkyl halides is 6. The molecule has 0 aliphatic carbocycles. The number of ether oxygens (including phenoxy) is 1. The fourth-order valence-electron chi connectivity index (χ4n) is 1.02. The van der Waals surface area contributed by atoms with Gasteiger partial charge in [-0.25, -0.2) is 0 Å². The number of benzene rings is 1. The Morgan fingerprint density at radius 2 is 1.74 bits per heavy atom. The second-order valence-electron chi connectivity index (χ2n) is 3.33. The standard InChI is InChI=1S/C10H6ClF6NO/c11-6-3-5(1-2-7(6)18)19-8(10(15,16)17)4-9(12,13)14/h1-4H,18H2. The number of hydrogen-bond acceptors (Lipinski definition) is 2. The van der Waals surface area contributed by atoms with Crippen LogP contribution in [0.25, 0.3) is 0 Å². The lowest BCUT2D eigenvalue weighted by atomic mass is 10.3. The van der Waals surface area contributed by atoms with Gasteiger partial charge in [0, 0.05) is 6.07 Å². The molecule has 1 rings (SSSR count). The summed E-state index contributed by atoms with van der Waals surface area (Å²) in [5.41, 5.74) is 5.36. The zero-order valence-electron chi connectivity index (χ0n) is 8.94. The summed E-state index contributed by atoms with van der Waals surface area (Å²) in [4.78, 5) is 0. The van der Waals surface area contributed by atoms with Crippen molar-refractivity contribution in [2.24, 2.45) is 0 Å². The molecule has 19 heavy (non-hydrogen) atoms. The number of hydrogen-bond donors (Lipinski definition) is 1. The van der Waals surface area contributed by atoms with Gasteiger partial charge in [-0.1, -0.05) is 11.6 Å². The Morgan fingerprint density at radius 3 is 2.16 bits per heavy atom. The number of allylic oxidation sites excluding steroid dienone is 2. The average molecular weight is 306 g/mol. The van der Waals surface area contributed by atoms with Crippen LogP contribution in [0.5, 0.6) is 5.75 Å². The van der Waals surface area contributed by atoms with Crippen LogP contribution in [0.3, 0.4) is 0 Å². The minimum atomic E-state index is -5.29. The van der Waals surface area contributed by atoms with Crippen molar-refractivity contribution in [3.05, 3.63) is 35.1 Å². The van der Waals surface area contributed by atoms with E-state index < -0.39 is 29.9 Å². The molecule has 0 saturated heterocycles. The smallest absolute Gasteiger partial charge is 0.449 e. The van der Waals surface area contributed by atoms with Crippen LogP contribution in [0.2, 0.25) is 5.02 Å². The van der Waals surface area contributed by atoms with Gasteiger partial charge >= 0.3 is 12.4 Å². The van der Waals surface area contributed by atoms with Gasteiger partial charge in [-0.2, -0.15) is 26.3 Å². The lowest BCUT2D eigenvalue weighted by molar-refractivity contribution is -0.128. The predicted molar refractivity (Wildman–Crippen MR) is 56.7 cm³/mol. The van der Waals surface area contributed by atoms with Crippen molar-refractivity contribution in [1.82, 2.24) is 0 Å². The number of halogens is 7. The first kappa shape index (κ1) is 15.5. The van der Waals surface area contributed by atoms with Crippen LogP contribution < -0.4 is 10.5 Å². The molecule has 0 amide bonds. The summed E-state index contributed by atoms with van der Waals surface area (Å²) >= 11 is 5.52. The summed E-state index contributed by atoms with van der Waals surface area (Å²) < 4.78 is 77.2. The van der Waals surface area contributed by atoms with Gasteiger partial charge in [0.25, 0.3) is 0 Å². The molecular weight excluding hydrogens is 300 g/mol. The largest absolute Gasteiger partial charge is 0.452 e. The van der Waals surface area contributed by atoms with E-state index in [1.54, 1.807) is 0 Å². The van der Waals surface area contributed by atoms with Crippen LogP contribution in [-0.4, -0.2) is 12.4 Å². The van der Waals surface area contributed by atoms with Crippen LogP contribution in [0.1, 0.15) is 0 Å². The summed E-state index contributed by atoms with van der Waals surface area (Å²) in [5.74, 6) is -2.70. The third kappa shape index (κ3) is 4.90. The summed E-state index contributed by atoms with van der Waals surface area (Å²) in [5, 5.41) is -0.133. The van der Waals surface area contributed by atoms with Crippen LogP contribution in [0, 0.1) is 0 Å². The molecule has 0 atom stereocenters. The SMILES string of the molecule is Nc1ccc(OC(=CC(F)(F)F)C(F)(F)F)cc1Cl. The second kappa shape index (κ2) is 5.20. The molecule has 1 aromatic rings. The molecule has 0 fully saturated rings. The van der Waals surface area contributed by atoms with Crippen LogP contribution >= 0.6 is 11.6 Å². The van der Waals surface area contributed by atoms with Gasteiger partial charge in [0.05, 0.1) is 16.8 Å². The minimum Gasteiger partial charge on any atom is -0.452 e. The molecule has 0 radical (unpaired) electrons. The first-order valence-corrected chi connectivity index (χ1v) is 4.96. The van der Waals surface area contributed by atoms with Crippen LogP contribution in [0.4, 0.5) is 32.0 Å². The van der Waals surface area contributed by atoms with Gasteiger partial charge in [-0.15, -0.1) is 0 Å². The van der Waals surface area contributed by atoms with Crippen molar-refractivity contribution < 1.29 is 31.1 Å². The Balaban J connectivity index is 3.09. The molecule has 0 unspecified atom stereocenters. The Labute approximate surface area is 108 Å². The Hall–Kier alpha value is -1.57. The predicted octanol–water partition coefficient (Wildman–Crippen LogP) is 4.31. The second-order valence-corrected chi connectivity index (χ2v) is 3.74. The molecule has 0 aliphatic rings. The molecule has 0 aromatic heterocycles. The summed E-state index contributed by atoms with van der Waals surface area (Å²) in [6.45, 7) is 0. The molecule has 2 N–H and O–H groups in total. The first-order valence-electron chi connectivity index (χ1n) is 4.59. The average Bonchev–Trinajstić information content (AvgIpc) is 2.19. The van der Waals surface area contributed by atoms with Crippen LogP contribution in [-0.2, 0) is 0 Å². The first-order chi connectivity index (χ1) is 8.49. The highest BCUT2D eigenvalue weighted by Crippen LogP contribution is 2.33. The van der Waals surface area contributed by atoms with Crippen LogP contribution in [0.15, 0.2) is 30.0 Å². The lowest BCUT2D eigenvalue weighted by Gasteiger charge is -2.14. The van der Waals surface area contributed by atoms with E-state index in [-0.39, 0.29) is 10.7 Å². The molecule has 0 heterocycles. The van der Waals surface area contributed by atoms with E-state index in [4.69, 9.17) is 17.3 Å². The van der Waals surface area contributed by atoms with Crippen molar-refractivity contribution in [2.75, 3.05) is 5.73 Å². The fraction of sp³-hybridized carbons (Fsp3) is 0.200. The Morgan fingerprint density at radius 1 is 1.16 bits per heavy atom. The zero-order chi connectivity index (χ0) is 14.8. The molecular formula is C10H6ClF6NO. The lowest BCUT2D eigenvalue weighted by Crippen LogP contribution is -2.20. The van der Waals surface area contributed by atoms with Gasteiger partial charge in [0.1, 0.15) is 5.75 Å². The van der Waals surface area contributed by atoms with E-state index in [0.717, 1.165) is 18.2 Å². The Kier molecular flexibility index (Phi) is 4.24. The molecule has 9 heteroatoms. The van der Waals surface area contributed by atoms with E-state index in [0.29, 0.717) is 0 Å². The summed E-state index contributed by atoms with van der Waals surface area (Å²) in [6, 6.07) is 2.96. The quantitative estimate of drug-likeness (QED) is 0.502. The normalized spacial score (nSPS) is 13.5. The molecule has 0 spiro atoms. The van der Waals surface area contributed by atoms with Crippen molar-refractivity contribution in [3.63, 3.8) is 0 Å². The highest BCUT2D eigenvalue weighted by Gasteiger charge is 2.41. The topological polar surface area (TPSA) is 35.2 Å². The monoisotopic (exact) mass is 305 g/mol. The molecule has 1 aromatic carbocycles. The third-order valence-corrected chi connectivity index (χ3v) is 2.10. The fourth-order valence-corrected chi connectivity index (χ4v) is 1.19. The molecule has 0 bridgehead atoms. The van der Waals surface area contributed by atoms with Gasteiger partial charge in [0.2, 0.25) is 5.76 Å². The van der Waals surface area contributed by atoms with E-state index >= 15 is 0 Å². The number of nitrogens with two attached hydrogens (primary N) is 1. The third-order valence-electron chi connectivity index (χ3n) is 1.77. The summed E-state index contributed by atoms with van der Waals surface area (Å²) in [6.07, 6.45) is -11.4. The van der Waals surface area contributed by atoms with E-state index in [1.807, 2.05) is 0 Å². The number of nitrogen functional groups attached to an aromatic ring is 1. The Bertz CT molecular complexity index is 494. The van der Waals surface area contributed by atoms with Crippen molar-refractivity contribution in [3.8, 4) is 5.75 Å². The van der Waals surface area contributed by atoms with E-state index in [1.165, 1.54) is 0 Å². The van der Waals surface area contributed by atoms with Gasteiger partial charge < -0.3 is 10.5 Å².